The molecular formula is C16H19N4O4+. The molecule has 1 fully saturated rings. The standard InChI is InChI=1S/C16H18N4O4/c1-19-7-2-3-11(9-19)15(22)17-13-6-8-20(16(23)18-13)14-5-4-12(10-21)24-14/h2-3,6-9,12,14,21H,4-5,10H2,1H3/p+1/t12-,14+/m0/s1. The zero-order valence-electron chi connectivity index (χ0n) is 13.3. The molecule has 1 amide bonds. The molecule has 2 N–H and O–H groups in total. The Bertz CT molecular complexity index is 805. The summed E-state index contributed by atoms with van der Waals surface area (Å²) in [6.07, 6.45) is 5.69. The van der Waals surface area contributed by atoms with Crippen LogP contribution in [0.1, 0.15) is 29.4 Å². The van der Waals surface area contributed by atoms with Crippen LogP contribution in [0.3, 0.4) is 0 Å². The number of carbonyl (C=O) groups excluding carboxylic acids is 1. The number of nitrogens with one attached hydrogen (secondary N) is 1. The van der Waals surface area contributed by atoms with Crippen LogP contribution in [0.25, 0.3) is 0 Å². The van der Waals surface area contributed by atoms with E-state index in [0.29, 0.717) is 18.4 Å². The van der Waals surface area contributed by atoms with Gasteiger partial charge in [-0.15, -0.1) is 0 Å². The predicted molar refractivity (Wildman–Crippen MR) is 84.3 cm³/mol. The molecule has 0 saturated carbocycles. The van der Waals surface area contributed by atoms with Gasteiger partial charge in [-0.3, -0.25) is 9.36 Å². The Kier molecular flexibility index (Phi) is 4.68. The fourth-order valence-corrected chi connectivity index (χ4v) is 2.64. The molecule has 0 unspecified atom stereocenters. The van der Waals surface area contributed by atoms with Crippen LogP contribution in [-0.2, 0) is 11.8 Å². The van der Waals surface area contributed by atoms with Crippen LogP contribution in [0.2, 0.25) is 0 Å². The average Bonchev–Trinajstić information content (AvgIpc) is 3.04. The molecule has 0 aromatic carbocycles. The summed E-state index contributed by atoms with van der Waals surface area (Å²) >= 11 is 0. The van der Waals surface area contributed by atoms with Gasteiger partial charge in [0, 0.05) is 12.3 Å². The number of hydrogen-bond acceptors (Lipinski definition) is 5. The van der Waals surface area contributed by atoms with Crippen molar-refractivity contribution in [3.05, 3.63) is 52.8 Å². The molecular weight excluding hydrogens is 312 g/mol. The molecule has 126 valence electrons. The summed E-state index contributed by atoms with van der Waals surface area (Å²) in [6, 6.07) is 4.99. The molecule has 0 spiro atoms. The molecule has 8 heteroatoms. The van der Waals surface area contributed by atoms with Gasteiger partial charge in [-0.25, -0.2) is 9.36 Å². The Morgan fingerprint density at radius 3 is 3.00 bits per heavy atom. The third-order valence-corrected chi connectivity index (χ3v) is 3.87. The minimum absolute atomic E-state index is 0.0681. The first-order valence-electron chi connectivity index (χ1n) is 7.69. The first kappa shape index (κ1) is 16.3. The second-order valence-corrected chi connectivity index (χ2v) is 5.69. The van der Waals surface area contributed by atoms with E-state index in [0.717, 1.165) is 0 Å². The van der Waals surface area contributed by atoms with E-state index in [1.165, 1.54) is 4.57 Å². The Morgan fingerprint density at radius 1 is 1.50 bits per heavy atom. The van der Waals surface area contributed by atoms with E-state index in [-0.39, 0.29) is 24.4 Å². The molecule has 0 radical (unpaired) electrons. The third-order valence-electron chi connectivity index (χ3n) is 3.87. The summed E-state index contributed by atoms with van der Waals surface area (Å²) in [7, 11) is 1.82. The lowest BCUT2D eigenvalue weighted by Crippen LogP contribution is -2.30. The zero-order valence-corrected chi connectivity index (χ0v) is 13.3. The van der Waals surface area contributed by atoms with Gasteiger partial charge < -0.3 is 15.2 Å². The van der Waals surface area contributed by atoms with Crippen molar-refractivity contribution < 1.29 is 19.2 Å². The molecule has 1 aliphatic rings. The molecule has 1 aliphatic heterocycles. The molecule has 1 saturated heterocycles. The second kappa shape index (κ2) is 6.90. The highest BCUT2D eigenvalue weighted by molar-refractivity contribution is 6.03. The van der Waals surface area contributed by atoms with Gasteiger partial charge in [0.1, 0.15) is 24.7 Å². The van der Waals surface area contributed by atoms with E-state index >= 15 is 0 Å². The van der Waals surface area contributed by atoms with Gasteiger partial charge in [0.2, 0.25) is 0 Å². The fraction of sp³-hybridized carbons (Fsp3) is 0.375. The van der Waals surface area contributed by atoms with E-state index in [2.05, 4.69) is 10.3 Å². The van der Waals surface area contributed by atoms with Crippen molar-refractivity contribution in [1.82, 2.24) is 9.55 Å². The van der Waals surface area contributed by atoms with Gasteiger partial charge in [0.05, 0.1) is 12.7 Å². The molecule has 8 nitrogen and oxygen atoms in total. The third kappa shape index (κ3) is 3.50. The van der Waals surface area contributed by atoms with Crippen LogP contribution >= 0.6 is 0 Å². The molecule has 3 heterocycles. The fourth-order valence-electron chi connectivity index (χ4n) is 2.64. The monoisotopic (exact) mass is 331 g/mol. The number of aliphatic hydroxyl groups excluding tert-OH is 1. The number of pyridine rings is 1. The van der Waals surface area contributed by atoms with Crippen LogP contribution in [0.4, 0.5) is 5.82 Å². The number of ether oxygens (including phenoxy) is 1. The van der Waals surface area contributed by atoms with Crippen molar-refractivity contribution in [1.29, 1.82) is 0 Å². The van der Waals surface area contributed by atoms with E-state index in [4.69, 9.17) is 9.84 Å². The lowest BCUT2D eigenvalue weighted by atomic mass is 10.2. The maximum atomic E-state index is 12.2. The molecule has 3 rings (SSSR count). The van der Waals surface area contributed by atoms with E-state index < -0.39 is 11.9 Å². The molecule has 0 bridgehead atoms. The quantitative estimate of drug-likeness (QED) is 0.768. The van der Waals surface area contributed by atoms with E-state index in [9.17, 15) is 9.59 Å². The molecule has 2 atom stereocenters. The predicted octanol–water partition coefficient (Wildman–Crippen LogP) is -0.01000. The Balaban J connectivity index is 1.73. The number of carbonyl (C=O) groups is 1. The largest absolute Gasteiger partial charge is 0.394 e. The van der Waals surface area contributed by atoms with Gasteiger partial charge >= 0.3 is 5.69 Å². The van der Waals surface area contributed by atoms with Crippen molar-refractivity contribution >= 4 is 11.7 Å². The maximum Gasteiger partial charge on any atom is 0.351 e. The van der Waals surface area contributed by atoms with Gasteiger partial charge in [-0.1, -0.05) is 0 Å². The Labute approximate surface area is 138 Å². The van der Waals surface area contributed by atoms with Crippen LogP contribution in [0.15, 0.2) is 41.6 Å². The van der Waals surface area contributed by atoms with Crippen LogP contribution in [0, 0.1) is 0 Å². The number of aliphatic hydroxyl groups is 1. The van der Waals surface area contributed by atoms with Gasteiger partial charge in [0.15, 0.2) is 12.4 Å². The van der Waals surface area contributed by atoms with E-state index in [1.54, 1.807) is 35.2 Å². The summed E-state index contributed by atoms with van der Waals surface area (Å²) in [4.78, 5) is 28.2. The van der Waals surface area contributed by atoms with Crippen molar-refractivity contribution in [2.24, 2.45) is 7.05 Å². The number of hydrogen-bond donors (Lipinski definition) is 2. The number of nitrogens with zero attached hydrogens (tertiary/aromatic N) is 3. The minimum Gasteiger partial charge on any atom is -0.394 e. The lowest BCUT2D eigenvalue weighted by molar-refractivity contribution is -0.671. The maximum absolute atomic E-state index is 12.2. The van der Waals surface area contributed by atoms with Crippen molar-refractivity contribution in [3.63, 3.8) is 0 Å². The highest BCUT2D eigenvalue weighted by Crippen LogP contribution is 2.26. The molecule has 2 aromatic rings. The number of rotatable bonds is 4. The summed E-state index contributed by atoms with van der Waals surface area (Å²) in [5, 5.41) is 11.7. The van der Waals surface area contributed by atoms with Crippen LogP contribution < -0.4 is 15.6 Å². The summed E-state index contributed by atoms with van der Waals surface area (Å²) in [5.41, 5.74) is -0.0362. The lowest BCUT2D eigenvalue weighted by Gasteiger charge is -2.14. The van der Waals surface area contributed by atoms with Crippen molar-refractivity contribution in [2.45, 2.75) is 25.2 Å². The summed E-state index contributed by atoms with van der Waals surface area (Å²) in [5.74, 6) is -0.155. The second-order valence-electron chi connectivity index (χ2n) is 5.69. The number of aryl methyl sites for hydroxylation is 1. The van der Waals surface area contributed by atoms with Crippen molar-refractivity contribution in [3.8, 4) is 0 Å². The average molecular weight is 331 g/mol. The number of anilines is 1. The number of amides is 1. The molecule has 2 aromatic heterocycles. The zero-order chi connectivity index (χ0) is 17.1. The van der Waals surface area contributed by atoms with Gasteiger partial charge in [-0.05, 0) is 25.0 Å². The first-order valence-corrected chi connectivity index (χ1v) is 7.69. The minimum atomic E-state index is -0.505. The Hall–Kier alpha value is -2.58. The highest BCUT2D eigenvalue weighted by Gasteiger charge is 2.26. The highest BCUT2D eigenvalue weighted by atomic mass is 16.5. The normalized spacial score (nSPS) is 20.1. The molecule has 0 aliphatic carbocycles. The number of aromatic nitrogens is 3. The first-order chi connectivity index (χ1) is 11.6. The SMILES string of the molecule is C[n+]1cccc(C(=O)Nc2ccn([C@H]3CC[C@@H](CO)O3)c(=O)n2)c1. The smallest absolute Gasteiger partial charge is 0.351 e. The summed E-state index contributed by atoms with van der Waals surface area (Å²) < 4.78 is 8.69. The van der Waals surface area contributed by atoms with Crippen LogP contribution in [-0.4, -0.2) is 33.3 Å². The molecule has 24 heavy (non-hydrogen) atoms. The van der Waals surface area contributed by atoms with Gasteiger partial charge in [-0.2, -0.15) is 4.98 Å². The van der Waals surface area contributed by atoms with Crippen LogP contribution in [0.5, 0.6) is 0 Å². The van der Waals surface area contributed by atoms with Crippen molar-refractivity contribution in [2.75, 3.05) is 11.9 Å². The van der Waals surface area contributed by atoms with Gasteiger partial charge in [0.25, 0.3) is 5.91 Å². The Morgan fingerprint density at radius 2 is 2.33 bits per heavy atom. The topological polar surface area (TPSA) is 97.3 Å². The van der Waals surface area contributed by atoms with E-state index in [1.807, 2.05) is 13.2 Å². The summed E-state index contributed by atoms with van der Waals surface area (Å²) in [6.45, 7) is -0.0681.